The molecular formula is C48H72BN9O11. The molecule has 2 aromatic rings. The van der Waals surface area contributed by atoms with Gasteiger partial charge in [-0.15, -0.1) is 0 Å². The first-order valence-corrected chi connectivity index (χ1v) is 24.1. The molecular weight excluding hydrogens is 889 g/mol. The highest BCUT2D eigenvalue weighted by molar-refractivity contribution is 6.47. The number of benzene rings is 2. The largest absolute Gasteiger partial charge is 0.497 e. The smallest absolute Gasteiger partial charge is 0.481 e. The van der Waals surface area contributed by atoms with E-state index in [1.54, 1.807) is 12.1 Å². The number of rotatable bonds is 26. The van der Waals surface area contributed by atoms with Crippen molar-refractivity contribution >= 4 is 48.5 Å². The van der Waals surface area contributed by atoms with Crippen LogP contribution >= 0.6 is 0 Å². The second-order valence-electron chi connectivity index (χ2n) is 19.4. The number of carboxylic acids is 1. The lowest BCUT2D eigenvalue weighted by molar-refractivity contribution is -0.199. The van der Waals surface area contributed by atoms with Gasteiger partial charge in [-0.3, -0.25) is 33.6 Å². The quantitative estimate of drug-likeness (QED) is 0.0352. The van der Waals surface area contributed by atoms with Crippen LogP contribution in [0.3, 0.4) is 0 Å². The first-order valence-electron chi connectivity index (χ1n) is 24.1. The minimum Gasteiger partial charge on any atom is -0.481 e. The molecule has 0 radical (unpaired) electrons. The Morgan fingerprint density at radius 1 is 0.783 bits per heavy atom. The molecule has 20 nitrogen and oxygen atoms in total. The van der Waals surface area contributed by atoms with Crippen molar-refractivity contribution in [3.63, 3.8) is 0 Å². The van der Waals surface area contributed by atoms with E-state index in [4.69, 9.17) is 26.5 Å². The Hall–Kier alpha value is -5.45. The van der Waals surface area contributed by atoms with E-state index in [2.05, 4.69) is 76.9 Å². The van der Waals surface area contributed by atoms with E-state index in [0.717, 1.165) is 43.2 Å². The van der Waals surface area contributed by atoms with Crippen LogP contribution in [0.4, 0.5) is 0 Å². The van der Waals surface area contributed by atoms with Gasteiger partial charge in [0.25, 0.3) is 11.8 Å². The van der Waals surface area contributed by atoms with Crippen molar-refractivity contribution in [2.75, 3.05) is 13.1 Å². The van der Waals surface area contributed by atoms with Gasteiger partial charge in [-0.1, -0.05) is 63.6 Å². The number of aryl methyl sites for hydroxylation is 1. The number of aliphatic hydroxyl groups excluding tert-OH is 1. The van der Waals surface area contributed by atoms with Crippen molar-refractivity contribution in [2.24, 2.45) is 34.5 Å². The van der Waals surface area contributed by atoms with E-state index >= 15 is 0 Å². The number of hydrogen-bond donors (Lipinski definition) is 11. The van der Waals surface area contributed by atoms with Gasteiger partial charge >= 0.3 is 13.1 Å². The van der Waals surface area contributed by atoms with E-state index in [9.17, 15) is 43.8 Å². The summed E-state index contributed by atoms with van der Waals surface area (Å²) in [5.41, 5.74) is 21.1. The molecule has 3 saturated carbocycles. The maximum atomic E-state index is 13.6. The number of carbonyl (C=O) groups excluding carboxylic acids is 6. The van der Waals surface area contributed by atoms with Crippen LogP contribution in [-0.2, 0) is 44.5 Å². The fourth-order valence-electron chi connectivity index (χ4n) is 9.63. The van der Waals surface area contributed by atoms with E-state index in [1.807, 2.05) is 19.1 Å². The molecule has 1 saturated heterocycles. The maximum absolute atomic E-state index is 13.6. The summed E-state index contributed by atoms with van der Waals surface area (Å²) in [6.07, 6.45) is 1.42. The predicted octanol–water partition coefficient (Wildman–Crippen LogP) is 0.715. The first kappa shape index (κ1) is 54.5. The van der Waals surface area contributed by atoms with Gasteiger partial charge in [0, 0.05) is 24.9 Å². The van der Waals surface area contributed by atoms with Gasteiger partial charge < -0.3 is 68.6 Å². The van der Waals surface area contributed by atoms with Gasteiger partial charge in [0.15, 0.2) is 6.17 Å². The molecule has 6 amide bonds. The summed E-state index contributed by atoms with van der Waals surface area (Å²) >= 11 is 0. The van der Waals surface area contributed by atoms with Gasteiger partial charge in [-0.25, -0.2) is 0 Å². The van der Waals surface area contributed by atoms with Crippen LogP contribution in [0.15, 0.2) is 48.5 Å². The number of nitrogens with two attached hydrogens (primary N) is 3. The van der Waals surface area contributed by atoms with Gasteiger partial charge in [-0.2, -0.15) is 0 Å². The zero-order chi connectivity index (χ0) is 50.6. The Morgan fingerprint density at radius 2 is 1.42 bits per heavy atom. The molecule has 69 heavy (non-hydrogen) atoms. The minimum absolute atomic E-state index is 0.0460. The van der Waals surface area contributed by atoms with Crippen LogP contribution in [0.5, 0.6) is 0 Å². The van der Waals surface area contributed by atoms with Crippen molar-refractivity contribution in [3.05, 3.63) is 59.7 Å². The van der Waals surface area contributed by atoms with Crippen LogP contribution in [0.1, 0.15) is 115 Å². The van der Waals surface area contributed by atoms with E-state index in [1.165, 1.54) is 12.5 Å². The SMILES string of the molecule is CCCCc1ccc(-c2ccc(C(=O)NCCC(=O)N[C@@H](CCCCN)C(=O)N[C@H](C(=O)N[C@@H](N)C(=O)N[C@@H](CCC(=O)O)C(=O)N[C@@H](N)B3OC4C[C@@H]5C[C@@H](C5(C)C)[C@]4(C)O3)C(C)O)cc2)cc1. The third-order valence-corrected chi connectivity index (χ3v) is 14.0. The molecule has 2 unspecified atom stereocenters. The number of hydrogen-bond acceptors (Lipinski definition) is 13. The van der Waals surface area contributed by atoms with Crippen molar-refractivity contribution in [2.45, 2.75) is 153 Å². The van der Waals surface area contributed by atoms with Gasteiger partial charge in [0.1, 0.15) is 24.2 Å². The summed E-state index contributed by atoms with van der Waals surface area (Å²) in [6.45, 7) is 10.0. The summed E-state index contributed by atoms with van der Waals surface area (Å²) < 4.78 is 12.5. The molecule has 10 atom stereocenters. The number of aliphatic hydroxyl groups is 1. The fourth-order valence-corrected chi connectivity index (χ4v) is 9.63. The Kier molecular flexibility index (Phi) is 19.3. The van der Waals surface area contributed by atoms with Crippen molar-refractivity contribution in [1.29, 1.82) is 0 Å². The lowest BCUT2D eigenvalue weighted by atomic mass is 9.43. The Bertz CT molecular complexity index is 2130. The average Bonchev–Trinajstić information content (AvgIpc) is 3.68. The highest BCUT2D eigenvalue weighted by atomic mass is 16.7. The summed E-state index contributed by atoms with van der Waals surface area (Å²) in [5, 5.41) is 34.8. The van der Waals surface area contributed by atoms with Crippen LogP contribution in [0.2, 0.25) is 0 Å². The molecule has 0 aromatic heterocycles. The Morgan fingerprint density at radius 3 is 2.03 bits per heavy atom. The Balaban J connectivity index is 1.11. The topological polar surface area (TPSA) is 329 Å². The third-order valence-electron chi connectivity index (χ3n) is 14.0. The first-order chi connectivity index (χ1) is 32.7. The molecule has 378 valence electrons. The van der Waals surface area contributed by atoms with E-state index in [0.29, 0.717) is 30.9 Å². The summed E-state index contributed by atoms with van der Waals surface area (Å²) in [6, 6.07) is 9.93. The number of aliphatic carboxylic acids is 1. The highest BCUT2D eigenvalue weighted by Crippen LogP contribution is 2.65. The molecule has 6 rings (SSSR count). The number of amides is 6. The molecule has 14 N–H and O–H groups in total. The van der Waals surface area contributed by atoms with Gasteiger partial charge in [-0.05, 0) is 118 Å². The van der Waals surface area contributed by atoms with Crippen LogP contribution in [0.25, 0.3) is 11.1 Å². The van der Waals surface area contributed by atoms with Gasteiger partial charge in [0.2, 0.25) is 23.6 Å². The minimum atomic E-state index is -1.84. The van der Waals surface area contributed by atoms with E-state index in [-0.39, 0.29) is 43.2 Å². The zero-order valence-corrected chi connectivity index (χ0v) is 40.4. The molecule has 4 fully saturated rings. The normalized spacial score (nSPS) is 22.5. The summed E-state index contributed by atoms with van der Waals surface area (Å²) in [4.78, 5) is 91.3. The predicted molar refractivity (Wildman–Crippen MR) is 257 cm³/mol. The Labute approximate surface area is 404 Å². The summed E-state index contributed by atoms with van der Waals surface area (Å²) in [5.74, 6) is -5.37. The van der Waals surface area contributed by atoms with Crippen molar-refractivity contribution in [3.8, 4) is 11.1 Å². The number of carbonyl (C=O) groups is 7. The maximum Gasteiger partial charge on any atom is 0.497 e. The molecule has 2 aromatic carbocycles. The molecule has 2 bridgehead atoms. The lowest BCUT2D eigenvalue weighted by Gasteiger charge is -2.64. The number of unbranched alkanes of at least 4 members (excludes halogenated alkanes) is 2. The van der Waals surface area contributed by atoms with Crippen molar-refractivity contribution in [1.82, 2.24) is 31.9 Å². The third kappa shape index (κ3) is 14.1. The van der Waals surface area contributed by atoms with Crippen LogP contribution < -0.4 is 49.1 Å². The second kappa shape index (κ2) is 24.4. The number of nitrogens with one attached hydrogen (secondary N) is 6. The van der Waals surface area contributed by atoms with E-state index < -0.39 is 97.0 Å². The highest BCUT2D eigenvalue weighted by Gasteiger charge is 2.68. The van der Waals surface area contributed by atoms with Crippen LogP contribution in [0, 0.1) is 17.3 Å². The van der Waals surface area contributed by atoms with Gasteiger partial charge in [0.05, 0.1) is 17.8 Å². The zero-order valence-electron chi connectivity index (χ0n) is 40.4. The average molecular weight is 962 g/mol. The van der Waals surface area contributed by atoms with Crippen LogP contribution in [-0.4, -0.2) is 120 Å². The number of carboxylic acid groups (broad SMARTS) is 1. The monoisotopic (exact) mass is 962 g/mol. The lowest BCUT2D eigenvalue weighted by Crippen LogP contribution is -2.65. The molecule has 1 aliphatic heterocycles. The second-order valence-corrected chi connectivity index (χ2v) is 19.4. The molecule has 0 spiro atoms. The van der Waals surface area contributed by atoms with Crippen molar-refractivity contribution < 1.29 is 53.1 Å². The molecule has 3 aliphatic carbocycles. The fraction of sp³-hybridized carbons (Fsp3) is 0.604. The molecule has 4 aliphatic rings. The standard InChI is InChI=1S/C48H72BN9O11/c1-6-7-10-28-12-14-29(15-13-28)30-16-18-31(19-17-30)41(63)53-24-22-37(60)54-33(11-8-9-23-50)42(64)56-39(27(2)59)44(66)57-40(51)45(67)55-34(20-21-38(61)62)43(65)58-46(52)49-68-36-26-32-25-35(47(32,3)4)48(36,5)69-49/h12-19,27,32-36,39-40,46,59H,6-11,20-26,50-52H2,1-5H3,(H,53,63)(H,54,60)(H,55,67)(H,56,64)(H,57,66)(H,58,65)(H,61,62)/t27?,32-,33-,34-,35-,36?,39-,40+,46+,48-/m0/s1. The summed E-state index contributed by atoms with van der Waals surface area (Å²) in [7, 11) is -1.01. The molecule has 21 heteroatoms. The molecule has 1 heterocycles.